The maximum Gasteiger partial charge on any atom is 0.144 e. The Morgan fingerprint density at radius 3 is 2.50 bits per heavy atom. The largest absolute Gasteiger partial charge is 0.366 e. The first-order chi connectivity index (χ1) is 10.8. The minimum absolute atomic E-state index is 0.510. The number of nitrogens with zero attached hydrogens (tertiary/aromatic N) is 2. The summed E-state index contributed by atoms with van der Waals surface area (Å²) in [5.41, 5.74) is 2.55. The molecule has 0 spiro atoms. The smallest absolute Gasteiger partial charge is 0.144 e. The normalized spacial score (nSPS) is 21.5. The Labute approximate surface area is 140 Å². The van der Waals surface area contributed by atoms with Crippen LogP contribution >= 0.6 is 15.9 Å². The Morgan fingerprint density at radius 1 is 1.09 bits per heavy atom. The highest BCUT2D eigenvalue weighted by Crippen LogP contribution is 2.34. The number of benzene rings is 1. The van der Waals surface area contributed by atoms with E-state index in [9.17, 15) is 0 Å². The number of aromatic nitrogens is 2. The molecule has 1 aliphatic carbocycles. The highest BCUT2D eigenvalue weighted by Gasteiger charge is 2.23. The summed E-state index contributed by atoms with van der Waals surface area (Å²) in [6.45, 7) is 2.11. The molecule has 3 rings (SSSR count). The quantitative estimate of drug-likeness (QED) is 0.839. The molecular formula is C18H22BrN3. The molecule has 1 N–H and O–H groups in total. The summed E-state index contributed by atoms with van der Waals surface area (Å²) in [6.07, 6.45) is 7.44. The Bertz CT molecular complexity index is 607. The summed E-state index contributed by atoms with van der Waals surface area (Å²) in [5, 5.41) is 3.60. The van der Waals surface area contributed by atoms with Gasteiger partial charge in [-0.25, -0.2) is 9.97 Å². The lowest BCUT2D eigenvalue weighted by molar-refractivity contribution is 0.411. The van der Waals surface area contributed by atoms with Crippen molar-refractivity contribution in [3.63, 3.8) is 0 Å². The second-order valence-electron chi connectivity index (χ2n) is 5.94. The van der Waals surface area contributed by atoms with Gasteiger partial charge in [-0.15, -0.1) is 0 Å². The number of nitrogens with one attached hydrogen (secondary N) is 1. The fourth-order valence-corrected chi connectivity index (χ4v) is 3.84. The zero-order valence-corrected chi connectivity index (χ0v) is 14.5. The van der Waals surface area contributed by atoms with Crippen LogP contribution < -0.4 is 5.32 Å². The van der Waals surface area contributed by atoms with Gasteiger partial charge in [-0.05, 0) is 59.5 Å². The molecule has 3 nitrogen and oxygen atoms in total. The zero-order chi connectivity index (χ0) is 15.4. The summed E-state index contributed by atoms with van der Waals surface area (Å²) in [4.78, 5) is 8.69. The lowest BCUT2D eigenvalue weighted by Gasteiger charge is -2.30. The molecule has 2 aromatic rings. The molecule has 0 aliphatic heterocycles. The summed E-state index contributed by atoms with van der Waals surface area (Å²) in [5.74, 6) is 1.65. The van der Waals surface area contributed by atoms with Crippen molar-refractivity contribution in [2.24, 2.45) is 0 Å². The van der Waals surface area contributed by atoms with Crippen LogP contribution in [0.3, 0.4) is 0 Å². The van der Waals surface area contributed by atoms with E-state index in [1.165, 1.54) is 31.2 Å². The number of hydrogen-bond acceptors (Lipinski definition) is 3. The molecule has 0 atom stereocenters. The summed E-state index contributed by atoms with van der Waals surface area (Å²) in [7, 11) is 0. The lowest BCUT2D eigenvalue weighted by Crippen LogP contribution is -2.26. The van der Waals surface area contributed by atoms with Crippen LogP contribution in [0.4, 0.5) is 5.82 Å². The highest BCUT2D eigenvalue weighted by atomic mass is 79.9. The van der Waals surface area contributed by atoms with Crippen molar-refractivity contribution in [1.29, 1.82) is 0 Å². The van der Waals surface area contributed by atoms with Crippen molar-refractivity contribution in [2.45, 2.75) is 51.0 Å². The maximum absolute atomic E-state index is 4.39. The van der Waals surface area contributed by atoms with Gasteiger partial charge in [-0.3, -0.25) is 0 Å². The molecule has 1 heterocycles. The minimum Gasteiger partial charge on any atom is -0.366 e. The second kappa shape index (κ2) is 7.23. The van der Waals surface area contributed by atoms with Crippen molar-refractivity contribution >= 4 is 21.7 Å². The van der Waals surface area contributed by atoms with Gasteiger partial charge >= 0.3 is 0 Å². The molecule has 1 aliphatic rings. The van der Waals surface area contributed by atoms with Gasteiger partial charge in [-0.2, -0.15) is 0 Å². The summed E-state index contributed by atoms with van der Waals surface area (Å²) >= 11 is 3.63. The van der Waals surface area contributed by atoms with Crippen molar-refractivity contribution < 1.29 is 0 Å². The maximum atomic E-state index is 4.39. The van der Waals surface area contributed by atoms with E-state index in [1.54, 1.807) is 6.33 Å². The van der Waals surface area contributed by atoms with E-state index in [-0.39, 0.29) is 0 Å². The van der Waals surface area contributed by atoms with Gasteiger partial charge in [-0.1, -0.05) is 37.3 Å². The van der Waals surface area contributed by atoms with Crippen molar-refractivity contribution in [3.05, 3.63) is 52.4 Å². The average Bonchev–Trinajstić information content (AvgIpc) is 2.58. The molecule has 116 valence electrons. The number of halogens is 1. The molecule has 1 saturated carbocycles. The topological polar surface area (TPSA) is 37.8 Å². The Balaban J connectivity index is 1.61. The summed E-state index contributed by atoms with van der Waals surface area (Å²) in [6, 6.07) is 11.4. The molecule has 0 radical (unpaired) electrons. The van der Waals surface area contributed by atoms with Gasteiger partial charge in [0.05, 0.1) is 10.2 Å². The number of anilines is 1. The van der Waals surface area contributed by atoms with E-state index in [0.29, 0.717) is 12.0 Å². The van der Waals surface area contributed by atoms with Gasteiger partial charge in [0.1, 0.15) is 12.1 Å². The van der Waals surface area contributed by atoms with E-state index in [0.717, 1.165) is 22.4 Å². The van der Waals surface area contributed by atoms with Crippen LogP contribution in [0.2, 0.25) is 0 Å². The molecule has 0 saturated heterocycles. The van der Waals surface area contributed by atoms with E-state index in [4.69, 9.17) is 0 Å². The summed E-state index contributed by atoms with van der Waals surface area (Å²) < 4.78 is 1.02. The monoisotopic (exact) mass is 359 g/mol. The standard InChI is InChI=1S/C18H22BrN3/c1-2-16-17(19)18(21-12-20-16)22-15-10-8-14(9-11-15)13-6-4-3-5-7-13/h3-7,12,14-15H,2,8-11H2,1H3,(H,20,21,22)/t14-,15+. The molecular weight excluding hydrogens is 338 g/mol. The molecule has 1 aromatic heterocycles. The first kappa shape index (κ1) is 15.5. The van der Waals surface area contributed by atoms with Gasteiger partial charge < -0.3 is 5.32 Å². The van der Waals surface area contributed by atoms with Crippen LogP contribution in [0.1, 0.15) is 49.8 Å². The fraction of sp³-hybridized carbons (Fsp3) is 0.444. The average molecular weight is 360 g/mol. The lowest BCUT2D eigenvalue weighted by atomic mass is 9.82. The first-order valence-corrected chi connectivity index (χ1v) is 8.88. The zero-order valence-electron chi connectivity index (χ0n) is 12.9. The van der Waals surface area contributed by atoms with Gasteiger partial charge in [0, 0.05) is 6.04 Å². The minimum atomic E-state index is 0.510. The van der Waals surface area contributed by atoms with Crippen molar-refractivity contribution in [3.8, 4) is 0 Å². The third kappa shape index (κ3) is 3.49. The van der Waals surface area contributed by atoms with Gasteiger partial charge in [0.15, 0.2) is 0 Å². The first-order valence-electron chi connectivity index (χ1n) is 8.08. The van der Waals surface area contributed by atoms with Crippen LogP contribution in [-0.2, 0) is 6.42 Å². The molecule has 0 amide bonds. The Hall–Kier alpha value is -1.42. The van der Waals surface area contributed by atoms with Gasteiger partial charge in [0.2, 0.25) is 0 Å². The molecule has 4 heteroatoms. The predicted molar refractivity (Wildman–Crippen MR) is 94.2 cm³/mol. The fourth-order valence-electron chi connectivity index (χ4n) is 3.24. The van der Waals surface area contributed by atoms with Crippen LogP contribution in [0.5, 0.6) is 0 Å². The van der Waals surface area contributed by atoms with Crippen LogP contribution in [0, 0.1) is 0 Å². The van der Waals surface area contributed by atoms with E-state index >= 15 is 0 Å². The van der Waals surface area contributed by atoms with Crippen molar-refractivity contribution in [1.82, 2.24) is 9.97 Å². The molecule has 0 unspecified atom stereocenters. The van der Waals surface area contributed by atoms with Gasteiger partial charge in [0.25, 0.3) is 0 Å². The van der Waals surface area contributed by atoms with Crippen LogP contribution in [-0.4, -0.2) is 16.0 Å². The predicted octanol–water partition coefficient (Wildman–Crippen LogP) is 4.94. The number of rotatable bonds is 4. The highest BCUT2D eigenvalue weighted by molar-refractivity contribution is 9.10. The number of hydrogen-bond donors (Lipinski definition) is 1. The molecule has 22 heavy (non-hydrogen) atoms. The van der Waals surface area contributed by atoms with Crippen LogP contribution in [0.15, 0.2) is 41.1 Å². The van der Waals surface area contributed by atoms with E-state index in [2.05, 4.69) is 68.5 Å². The molecule has 0 bridgehead atoms. The van der Waals surface area contributed by atoms with Crippen molar-refractivity contribution in [2.75, 3.05) is 5.32 Å². The SMILES string of the molecule is CCc1ncnc(N[C@H]2CC[C@@H](c3ccccc3)CC2)c1Br. The van der Waals surface area contributed by atoms with Crippen LogP contribution in [0.25, 0.3) is 0 Å². The van der Waals surface area contributed by atoms with E-state index < -0.39 is 0 Å². The van der Waals surface area contributed by atoms with E-state index in [1.807, 2.05) is 0 Å². The molecule has 1 fully saturated rings. The Morgan fingerprint density at radius 2 is 1.82 bits per heavy atom. The Kier molecular flexibility index (Phi) is 5.08. The third-order valence-corrected chi connectivity index (χ3v) is 5.37. The molecule has 1 aromatic carbocycles. The third-order valence-electron chi connectivity index (χ3n) is 4.54. The number of aryl methyl sites for hydroxylation is 1. The second-order valence-corrected chi connectivity index (χ2v) is 6.73.